The number of nitrogens with one attached hydrogen (secondary N) is 1. The first kappa shape index (κ1) is 20.1. The Bertz CT molecular complexity index is 631. The molecule has 1 N–H and O–H groups in total. The summed E-state index contributed by atoms with van der Waals surface area (Å²) in [6, 6.07) is 4.86. The summed E-state index contributed by atoms with van der Waals surface area (Å²) in [6.07, 6.45) is 0.403. The molecule has 0 radical (unpaired) electrons. The zero-order valence-corrected chi connectivity index (χ0v) is 15.3. The fourth-order valence-corrected chi connectivity index (χ4v) is 5.40. The fourth-order valence-electron chi connectivity index (χ4n) is 2.37. The maximum absolute atomic E-state index is 12.6. The molecule has 0 saturated carbocycles. The quantitative estimate of drug-likeness (QED) is 0.428. The van der Waals surface area contributed by atoms with Crippen LogP contribution >= 0.6 is 21.6 Å². The van der Waals surface area contributed by atoms with E-state index >= 15 is 0 Å². The first-order chi connectivity index (χ1) is 11.9. The summed E-state index contributed by atoms with van der Waals surface area (Å²) in [4.78, 5) is 11.7. The molecule has 0 bridgehead atoms. The van der Waals surface area contributed by atoms with Crippen LogP contribution in [-0.4, -0.2) is 23.5 Å². The third-order valence-corrected chi connectivity index (χ3v) is 6.71. The van der Waals surface area contributed by atoms with E-state index in [1.165, 1.54) is 24.3 Å². The molecular formula is C18H20F3NOS2. The second-order valence-electron chi connectivity index (χ2n) is 5.73. The van der Waals surface area contributed by atoms with Crippen LogP contribution < -0.4 is 5.32 Å². The smallest absolute Gasteiger partial charge is 0.345 e. The van der Waals surface area contributed by atoms with E-state index in [0.29, 0.717) is 6.42 Å². The Balaban J connectivity index is 1.65. The van der Waals surface area contributed by atoms with Crippen LogP contribution in [0.2, 0.25) is 0 Å². The maximum Gasteiger partial charge on any atom is 0.416 e. The van der Waals surface area contributed by atoms with Crippen molar-refractivity contribution in [2.24, 2.45) is 0 Å². The van der Waals surface area contributed by atoms with Crippen molar-refractivity contribution in [3.05, 3.63) is 35.4 Å². The molecular weight excluding hydrogens is 367 g/mol. The highest BCUT2D eigenvalue weighted by molar-refractivity contribution is 8.77. The molecule has 1 heterocycles. The summed E-state index contributed by atoms with van der Waals surface area (Å²) >= 11 is 0. The van der Waals surface area contributed by atoms with Crippen molar-refractivity contribution < 1.29 is 18.0 Å². The van der Waals surface area contributed by atoms with Gasteiger partial charge < -0.3 is 5.32 Å². The lowest BCUT2D eigenvalue weighted by molar-refractivity contribution is -0.137. The van der Waals surface area contributed by atoms with Crippen molar-refractivity contribution in [1.82, 2.24) is 5.32 Å². The molecule has 25 heavy (non-hydrogen) atoms. The molecule has 136 valence electrons. The molecule has 0 spiro atoms. The van der Waals surface area contributed by atoms with Gasteiger partial charge in [-0.2, -0.15) is 13.2 Å². The number of hydrogen-bond acceptors (Lipinski definition) is 3. The molecule has 1 unspecified atom stereocenters. The Morgan fingerprint density at radius 2 is 2.16 bits per heavy atom. The van der Waals surface area contributed by atoms with E-state index in [-0.39, 0.29) is 18.0 Å². The van der Waals surface area contributed by atoms with Gasteiger partial charge in [-0.3, -0.25) is 4.79 Å². The Hall–Kier alpha value is -1.26. The molecule has 2 rings (SSSR count). The van der Waals surface area contributed by atoms with Crippen molar-refractivity contribution in [3.63, 3.8) is 0 Å². The van der Waals surface area contributed by atoms with Crippen molar-refractivity contribution >= 4 is 27.5 Å². The molecule has 1 aliphatic heterocycles. The van der Waals surface area contributed by atoms with E-state index in [9.17, 15) is 18.0 Å². The van der Waals surface area contributed by atoms with E-state index < -0.39 is 11.7 Å². The molecule has 1 saturated heterocycles. The van der Waals surface area contributed by atoms with Crippen LogP contribution in [0.3, 0.4) is 0 Å². The molecule has 1 aromatic rings. The van der Waals surface area contributed by atoms with Crippen LogP contribution in [0, 0.1) is 11.8 Å². The third-order valence-electron chi connectivity index (χ3n) is 3.70. The minimum absolute atomic E-state index is 0.0632. The summed E-state index contributed by atoms with van der Waals surface area (Å²) in [5.41, 5.74) is -0.432. The summed E-state index contributed by atoms with van der Waals surface area (Å²) in [6.45, 7) is 0.143. The zero-order valence-electron chi connectivity index (χ0n) is 13.7. The SMILES string of the molecule is O=C(CCCCC1CCSS1)NCC#Cc1cccc(C(F)(F)F)c1. The van der Waals surface area contributed by atoms with E-state index in [0.717, 1.165) is 36.6 Å². The topological polar surface area (TPSA) is 29.1 Å². The molecule has 1 aliphatic rings. The zero-order chi connectivity index (χ0) is 18.1. The summed E-state index contributed by atoms with van der Waals surface area (Å²) < 4.78 is 37.8. The van der Waals surface area contributed by atoms with E-state index in [2.05, 4.69) is 17.2 Å². The van der Waals surface area contributed by atoms with Crippen LogP contribution in [0.1, 0.15) is 43.2 Å². The monoisotopic (exact) mass is 387 g/mol. The highest BCUT2D eigenvalue weighted by Gasteiger charge is 2.30. The van der Waals surface area contributed by atoms with E-state index in [1.54, 1.807) is 0 Å². The van der Waals surface area contributed by atoms with Gasteiger partial charge in [-0.15, -0.1) is 0 Å². The lowest BCUT2D eigenvalue weighted by atomic mass is 10.1. The third kappa shape index (κ3) is 7.66. The minimum atomic E-state index is -4.37. The highest BCUT2D eigenvalue weighted by atomic mass is 33.1. The molecule has 2 nitrogen and oxygen atoms in total. The number of unbranched alkanes of at least 4 members (excludes halogenated alkanes) is 1. The minimum Gasteiger partial charge on any atom is -0.345 e. The predicted octanol–water partition coefficient (Wildman–Crippen LogP) is 4.89. The second kappa shape index (κ2) is 10.0. The van der Waals surface area contributed by atoms with E-state index in [1.807, 2.05) is 21.6 Å². The van der Waals surface area contributed by atoms with Gasteiger partial charge in [-0.1, -0.05) is 45.9 Å². The average Bonchev–Trinajstić information content (AvgIpc) is 3.08. The predicted molar refractivity (Wildman–Crippen MR) is 98.3 cm³/mol. The van der Waals surface area contributed by atoms with Crippen LogP contribution in [0.4, 0.5) is 13.2 Å². The van der Waals surface area contributed by atoms with Crippen molar-refractivity contribution in [2.45, 2.75) is 43.5 Å². The van der Waals surface area contributed by atoms with Gasteiger partial charge in [0.25, 0.3) is 0 Å². The first-order valence-electron chi connectivity index (χ1n) is 8.16. The number of halogens is 3. The molecule has 1 fully saturated rings. The first-order valence-corrected chi connectivity index (χ1v) is 10.5. The molecule has 0 aliphatic carbocycles. The number of alkyl halides is 3. The normalized spacial score (nSPS) is 17.0. The second-order valence-corrected chi connectivity index (χ2v) is 8.52. The Kier molecular flexibility index (Phi) is 8.04. The Morgan fingerprint density at radius 1 is 1.32 bits per heavy atom. The number of carbonyl (C=O) groups is 1. The fraction of sp³-hybridized carbons (Fsp3) is 0.500. The van der Waals surface area contributed by atoms with Crippen molar-refractivity contribution in [3.8, 4) is 11.8 Å². The highest BCUT2D eigenvalue weighted by Crippen LogP contribution is 2.39. The van der Waals surface area contributed by atoms with Crippen LogP contribution in [-0.2, 0) is 11.0 Å². The van der Waals surface area contributed by atoms with Crippen LogP contribution in [0.25, 0.3) is 0 Å². The largest absolute Gasteiger partial charge is 0.416 e. The molecule has 1 aromatic carbocycles. The standard InChI is InChI=1S/C18H20F3NOS2/c19-18(20,21)15-7-3-5-14(13-15)6-4-11-22-17(23)9-2-1-8-16-10-12-24-25-16/h3,5,7,13,16H,1-2,8-12H2,(H,22,23). The van der Waals surface area contributed by atoms with E-state index in [4.69, 9.17) is 0 Å². The lowest BCUT2D eigenvalue weighted by Crippen LogP contribution is -2.23. The van der Waals surface area contributed by atoms with Gasteiger partial charge in [-0.25, -0.2) is 0 Å². The van der Waals surface area contributed by atoms with Gasteiger partial charge in [0.15, 0.2) is 0 Å². The van der Waals surface area contributed by atoms with Crippen LogP contribution in [0.15, 0.2) is 24.3 Å². The summed E-state index contributed by atoms with van der Waals surface area (Å²) in [7, 11) is 3.87. The number of benzene rings is 1. The Labute approximate surface area is 154 Å². The molecule has 7 heteroatoms. The summed E-state index contributed by atoms with van der Waals surface area (Å²) in [5, 5.41) is 3.41. The number of carbonyl (C=O) groups excluding carboxylic acids is 1. The Morgan fingerprint density at radius 3 is 2.88 bits per heavy atom. The lowest BCUT2D eigenvalue weighted by Gasteiger charge is -2.06. The van der Waals surface area contributed by atoms with Gasteiger partial charge in [0.1, 0.15) is 0 Å². The van der Waals surface area contributed by atoms with Gasteiger partial charge in [-0.05, 0) is 37.5 Å². The number of hydrogen-bond donors (Lipinski definition) is 1. The molecule has 0 aromatic heterocycles. The number of rotatable bonds is 6. The maximum atomic E-state index is 12.6. The van der Waals surface area contributed by atoms with Gasteiger partial charge in [0.05, 0.1) is 12.1 Å². The van der Waals surface area contributed by atoms with Gasteiger partial charge in [0.2, 0.25) is 5.91 Å². The molecule has 1 amide bonds. The van der Waals surface area contributed by atoms with Crippen molar-refractivity contribution in [1.29, 1.82) is 0 Å². The van der Waals surface area contributed by atoms with Crippen molar-refractivity contribution in [2.75, 3.05) is 12.3 Å². The number of amides is 1. The average molecular weight is 387 g/mol. The van der Waals surface area contributed by atoms with Gasteiger partial charge in [0, 0.05) is 23.0 Å². The van der Waals surface area contributed by atoms with Crippen LogP contribution in [0.5, 0.6) is 0 Å². The summed E-state index contributed by atoms with van der Waals surface area (Å²) in [5.74, 6) is 6.50. The molecule has 1 atom stereocenters. The van der Waals surface area contributed by atoms with Gasteiger partial charge >= 0.3 is 6.18 Å².